The fourth-order valence-corrected chi connectivity index (χ4v) is 2.85. The molecule has 1 aliphatic carbocycles. The lowest BCUT2D eigenvalue weighted by Gasteiger charge is -2.28. The van der Waals surface area contributed by atoms with Crippen molar-refractivity contribution in [3.05, 3.63) is 34.9 Å². The zero-order valence-corrected chi connectivity index (χ0v) is 13.9. The van der Waals surface area contributed by atoms with Gasteiger partial charge in [-0.3, -0.25) is 4.79 Å². The SMILES string of the molecule is C=C(CC(CC(=O)N1CCOCC1)OC)C1=CC=C(Cl)CC1. The first-order chi connectivity index (χ1) is 10.6. The Hall–Kier alpha value is -1.10. The molecule has 2 aliphatic rings. The van der Waals surface area contributed by atoms with Crippen LogP contribution in [0.5, 0.6) is 0 Å². The van der Waals surface area contributed by atoms with Gasteiger partial charge < -0.3 is 14.4 Å². The van der Waals surface area contributed by atoms with Crippen LogP contribution < -0.4 is 0 Å². The Morgan fingerprint density at radius 1 is 1.36 bits per heavy atom. The molecule has 1 amide bonds. The number of ether oxygens (including phenoxy) is 2. The monoisotopic (exact) mass is 325 g/mol. The Balaban J connectivity index is 1.86. The lowest BCUT2D eigenvalue weighted by molar-refractivity contribution is -0.137. The smallest absolute Gasteiger partial charge is 0.225 e. The van der Waals surface area contributed by atoms with Gasteiger partial charge >= 0.3 is 0 Å². The number of carbonyl (C=O) groups excluding carboxylic acids is 1. The van der Waals surface area contributed by atoms with Crippen molar-refractivity contribution >= 4 is 17.5 Å². The van der Waals surface area contributed by atoms with Crippen LogP contribution in [0.1, 0.15) is 25.7 Å². The van der Waals surface area contributed by atoms with Gasteiger partial charge in [0.2, 0.25) is 5.91 Å². The van der Waals surface area contributed by atoms with E-state index in [9.17, 15) is 4.79 Å². The van der Waals surface area contributed by atoms with Crippen molar-refractivity contribution in [1.82, 2.24) is 4.90 Å². The molecule has 1 unspecified atom stereocenters. The van der Waals surface area contributed by atoms with E-state index in [0.717, 1.165) is 23.4 Å². The van der Waals surface area contributed by atoms with E-state index in [1.165, 1.54) is 5.57 Å². The number of halogens is 1. The van der Waals surface area contributed by atoms with Crippen molar-refractivity contribution in [3.8, 4) is 0 Å². The van der Waals surface area contributed by atoms with Gasteiger partial charge in [0, 0.05) is 25.2 Å². The van der Waals surface area contributed by atoms with E-state index in [1.807, 2.05) is 17.1 Å². The third kappa shape index (κ3) is 4.97. The average Bonchev–Trinajstić information content (AvgIpc) is 2.55. The van der Waals surface area contributed by atoms with Crippen molar-refractivity contribution in [1.29, 1.82) is 0 Å². The predicted molar refractivity (Wildman–Crippen MR) is 87.8 cm³/mol. The van der Waals surface area contributed by atoms with Crippen LogP contribution in [0.2, 0.25) is 0 Å². The molecule has 0 bridgehead atoms. The van der Waals surface area contributed by atoms with Gasteiger partial charge in [0.15, 0.2) is 0 Å². The summed E-state index contributed by atoms with van der Waals surface area (Å²) < 4.78 is 10.8. The Kier molecular flexibility index (Phi) is 6.68. The van der Waals surface area contributed by atoms with Crippen LogP contribution >= 0.6 is 11.6 Å². The summed E-state index contributed by atoms with van der Waals surface area (Å²) in [7, 11) is 1.65. The fraction of sp³-hybridized carbons (Fsp3) is 0.588. The molecule has 1 saturated heterocycles. The van der Waals surface area contributed by atoms with Crippen molar-refractivity contribution < 1.29 is 14.3 Å². The number of nitrogens with zero attached hydrogens (tertiary/aromatic N) is 1. The summed E-state index contributed by atoms with van der Waals surface area (Å²) in [4.78, 5) is 14.1. The van der Waals surface area contributed by atoms with Gasteiger partial charge in [-0.1, -0.05) is 24.3 Å². The molecule has 4 nitrogen and oxygen atoms in total. The molecule has 1 fully saturated rings. The van der Waals surface area contributed by atoms with Gasteiger partial charge in [-0.15, -0.1) is 0 Å². The fourth-order valence-electron chi connectivity index (χ4n) is 2.69. The van der Waals surface area contributed by atoms with Crippen LogP contribution in [-0.4, -0.2) is 50.3 Å². The summed E-state index contributed by atoms with van der Waals surface area (Å²) in [6.07, 6.45) is 6.63. The number of methoxy groups -OCH3 is 1. The molecule has 1 atom stereocenters. The molecule has 0 saturated carbocycles. The maximum atomic E-state index is 12.3. The van der Waals surface area contributed by atoms with Crippen molar-refractivity contribution in [2.75, 3.05) is 33.4 Å². The van der Waals surface area contributed by atoms with Crippen molar-refractivity contribution in [2.45, 2.75) is 31.8 Å². The third-order valence-electron chi connectivity index (χ3n) is 4.13. The summed E-state index contributed by atoms with van der Waals surface area (Å²) in [5, 5.41) is 0.877. The number of hydrogen-bond donors (Lipinski definition) is 0. The van der Waals surface area contributed by atoms with Crippen LogP contribution in [0.4, 0.5) is 0 Å². The molecule has 0 aromatic carbocycles. The summed E-state index contributed by atoms with van der Waals surface area (Å²) in [6.45, 7) is 6.73. The van der Waals surface area contributed by atoms with Gasteiger partial charge in [-0.25, -0.2) is 0 Å². The minimum Gasteiger partial charge on any atom is -0.381 e. The van der Waals surface area contributed by atoms with E-state index >= 15 is 0 Å². The van der Waals surface area contributed by atoms with Crippen LogP contribution in [0, 0.1) is 0 Å². The second-order valence-electron chi connectivity index (χ2n) is 5.67. The largest absolute Gasteiger partial charge is 0.381 e. The van der Waals surface area contributed by atoms with Crippen LogP contribution in [0.15, 0.2) is 34.9 Å². The minimum atomic E-state index is -0.134. The Labute approximate surface area is 137 Å². The summed E-state index contributed by atoms with van der Waals surface area (Å²) >= 11 is 5.98. The van der Waals surface area contributed by atoms with Gasteiger partial charge in [-0.05, 0) is 36.5 Å². The number of hydrogen-bond acceptors (Lipinski definition) is 3. The molecule has 22 heavy (non-hydrogen) atoms. The first-order valence-electron chi connectivity index (χ1n) is 7.72. The number of morpholine rings is 1. The average molecular weight is 326 g/mol. The summed E-state index contributed by atoms with van der Waals surface area (Å²) in [5.41, 5.74) is 2.23. The van der Waals surface area contributed by atoms with E-state index in [4.69, 9.17) is 21.1 Å². The van der Waals surface area contributed by atoms with E-state index in [2.05, 4.69) is 6.58 Å². The standard InChI is InChI=1S/C17H24ClNO3/c1-13(14-3-5-15(18)6-4-14)11-16(21-2)12-17(20)19-7-9-22-10-8-19/h3,5,16H,1,4,6-12H2,2H3. The highest BCUT2D eigenvalue weighted by atomic mass is 35.5. The highest BCUT2D eigenvalue weighted by Gasteiger charge is 2.22. The van der Waals surface area contributed by atoms with Gasteiger partial charge in [0.25, 0.3) is 0 Å². The Bertz CT molecular complexity index is 478. The molecule has 0 spiro atoms. The lowest BCUT2D eigenvalue weighted by atomic mass is 9.93. The third-order valence-corrected chi connectivity index (χ3v) is 4.44. The number of allylic oxidation sites excluding steroid dienone is 4. The molecular formula is C17H24ClNO3. The molecule has 122 valence electrons. The predicted octanol–water partition coefficient (Wildman–Crippen LogP) is 3.04. The second kappa shape index (κ2) is 8.51. The van der Waals surface area contributed by atoms with Crippen molar-refractivity contribution in [3.63, 3.8) is 0 Å². The molecule has 0 radical (unpaired) electrons. The summed E-state index contributed by atoms with van der Waals surface area (Å²) in [6, 6.07) is 0. The Morgan fingerprint density at radius 2 is 2.09 bits per heavy atom. The minimum absolute atomic E-state index is 0.128. The van der Waals surface area contributed by atoms with E-state index in [1.54, 1.807) is 7.11 Å². The van der Waals surface area contributed by atoms with Gasteiger partial charge in [0.05, 0.1) is 25.7 Å². The van der Waals surface area contributed by atoms with Crippen LogP contribution in [0.25, 0.3) is 0 Å². The Morgan fingerprint density at radius 3 is 2.68 bits per heavy atom. The van der Waals surface area contributed by atoms with E-state index < -0.39 is 0 Å². The van der Waals surface area contributed by atoms with E-state index in [0.29, 0.717) is 39.1 Å². The van der Waals surface area contributed by atoms with E-state index in [-0.39, 0.29) is 12.0 Å². The molecule has 5 heteroatoms. The molecule has 2 rings (SSSR count). The lowest BCUT2D eigenvalue weighted by Crippen LogP contribution is -2.42. The maximum Gasteiger partial charge on any atom is 0.225 e. The molecule has 0 aromatic rings. The highest BCUT2D eigenvalue weighted by molar-refractivity contribution is 6.29. The molecule has 0 N–H and O–H groups in total. The maximum absolute atomic E-state index is 12.3. The second-order valence-corrected chi connectivity index (χ2v) is 6.15. The number of carbonyl (C=O) groups is 1. The van der Waals surface area contributed by atoms with Crippen LogP contribution in [-0.2, 0) is 14.3 Å². The number of amides is 1. The molecule has 1 aliphatic heterocycles. The summed E-state index contributed by atoms with van der Waals surface area (Å²) in [5.74, 6) is 0.128. The topological polar surface area (TPSA) is 38.8 Å². The molecule has 0 aromatic heterocycles. The first kappa shape index (κ1) is 17.3. The van der Waals surface area contributed by atoms with Crippen molar-refractivity contribution in [2.24, 2.45) is 0 Å². The molecular weight excluding hydrogens is 302 g/mol. The normalized spacial score (nSPS) is 20.2. The molecule has 1 heterocycles. The van der Waals surface area contributed by atoms with Gasteiger partial charge in [0.1, 0.15) is 0 Å². The van der Waals surface area contributed by atoms with Crippen LogP contribution in [0.3, 0.4) is 0 Å². The quantitative estimate of drug-likeness (QED) is 0.753. The highest BCUT2D eigenvalue weighted by Crippen LogP contribution is 2.28. The van der Waals surface area contributed by atoms with Gasteiger partial charge in [-0.2, -0.15) is 0 Å². The number of rotatable bonds is 6. The zero-order chi connectivity index (χ0) is 15.9. The first-order valence-corrected chi connectivity index (χ1v) is 8.09. The zero-order valence-electron chi connectivity index (χ0n) is 13.1.